The first-order valence-corrected chi connectivity index (χ1v) is 7.38. The minimum Gasteiger partial charge on any atom is -0.480 e. The molecule has 0 radical (unpaired) electrons. The summed E-state index contributed by atoms with van der Waals surface area (Å²) >= 11 is 0. The Hall–Kier alpha value is -1.14. The van der Waals surface area contributed by atoms with Crippen molar-refractivity contribution >= 4 is 11.9 Å². The third kappa shape index (κ3) is 3.70. The Kier molecular flexibility index (Phi) is 4.65. The Labute approximate surface area is 120 Å². The van der Waals surface area contributed by atoms with Crippen molar-refractivity contribution in [2.75, 3.05) is 39.3 Å². The quantitative estimate of drug-likeness (QED) is 0.717. The van der Waals surface area contributed by atoms with Gasteiger partial charge in [-0.3, -0.25) is 14.5 Å². The molecule has 2 aliphatic rings. The number of nitrogens with one attached hydrogen (secondary N) is 1. The molecule has 20 heavy (non-hydrogen) atoms. The number of carboxylic acids is 1. The van der Waals surface area contributed by atoms with Gasteiger partial charge in [0.25, 0.3) is 0 Å². The normalized spacial score (nSPS) is 20.7. The van der Waals surface area contributed by atoms with E-state index < -0.39 is 11.5 Å². The Morgan fingerprint density at radius 3 is 2.40 bits per heavy atom. The highest BCUT2D eigenvalue weighted by Crippen LogP contribution is 2.31. The van der Waals surface area contributed by atoms with Crippen molar-refractivity contribution in [1.82, 2.24) is 15.1 Å². The molecule has 0 spiro atoms. The number of hydrogen-bond donors (Lipinski definition) is 2. The highest BCUT2D eigenvalue weighted by Gasteiger charge is 2.40. The summed E-state index contributed by atoms with van der Waals surface area (Å²) in [5.74, 6) is -0.499. The zero-order valence-electron chi connectivity index (χ0n) is 12.4. The summed E-state index contributed by atoms with van der Waals surface area (Å²) in [7, 11) is 0. The van der Waals surface area contributed by atoms with Crippen LogP contribution in [-0.4, -0.2) is 71.6 Å². The lowest BCUT2D eigenvalue weighted by Crippen LogP contribution is -2.61. The number of aliphatic carboxylic acids is 1. The number of rotatable bonds is 6. The van der Waals surface area contributed by atoms with Crippen molar-refractivity contribution in [3.63, 3.8) is 0 Å². The molecule has 1 amide bonds. The summed E-state index contributed by atoms with van der Waals surface area (Å²) in [5, 5.41) is 12.3. The Bertz CT molecular complexity index is 374. The molecule has 2 rings (SSSR count). The number of hydrogen-bond acceptors (Lipinski definition) is 4. The van der Waals surface area contributed by atoms with E-state index in [1.165, 1.54) is 4.90 Å². The number of piperazine rings is 1. The molecule has 1 aliphatic carbocycles. The lowest BCUT2D eigenvalue weighted by molar-refractivity contribution is -0.150. The van der Waals surface area contributed by atoms with Gasteiger partial charge in [0, 0.05) is 32.7 Å². The fraction of sp³-hybridized carbons (Fsp3) is 0.857. The summed E-state index contributed by atoms with van der Waals surface area (Å²) in [6, 6.07) is 0. The number of carboxylic acid groups (broad SMARTS) is 1. The van der Waals surface area contributed by atoms with Crippen molar-refractivity contribution < 1.29 is 14.7 Å². The predicted molar refractivity (Wildman–Crippen MR) is 75.5 cm³/mol. The Morgan fingerprint density at radius 1 is 1.30 bits per heavy atom. The second-order valence-electron chi connectivity index (χ2n) is 6.32. The van der Waals surface area contributed by atoms with Gasteiger partial charge >= 0.3 is 5.97 Å². The largest absolute Gasteiger partial charge is 0.480 e. The van der Waals surface area contributed by atoms with E-state index in [1.807, 2.05) is 13.8 Å². The summed E-state index contributed by atoms with van der Waals surface area (Å²) in [4.78, 5) is 27.4. The molecule has 0 unspecified atom stereocenters. The van der Waals surface area contributed by atoms with Crippen molar-refractivity contribution in [3.05, 3.63) is 0 Å². The molecular formula is C14H25N3O3. The van der Waals surface area contributed by atoms with Crippen molar-refractivity contribution in [2.24, 2.45) is 5.92 Å². The molecule has 6 heteroatoms. The maximum atomic E-state index is 12.8. The number of carbonyl (C=O) groups excluding carboxylic acids is 1. The predicted octanol–water partition coefficient (Wildman–Crippen LogP) is -0.00660. The molecule has 0 bridgehead atoms. The van der Waals surface area contributed by atoms with E-state index >= 15 is 0 Å². The summed E-state index contributed by atoms with van der Waals surface area (Å²) in [5.41, 5.74) is -0.632. The topological polar surface area (TPSA) is 72.9 Å². The number of amides is 1. The lowest BCUT2D eigenvalue weighted by atomic mass is 9.99. The third-order valence-corrected chi connectivity index (χ3v) is 4.22. The van der Waals surface area contributed by atoms with Gasteiger partial charge in [-0.25, -0.2) is 0 Å². The van der Waals surface area contributed by atoms with Crippen molar-refractivity contribution in [3.8, 4) is 0 Å². The van der Waals surface area contributed by atoms with Crippen LogP contribution >= 0.6 is 0 Å². The van der Waals surface area contributed by atoms with Crippen LogP contribution in [0.15, 0.2) is 0 Å². The van der Waals surface area contributed by atoms with Crippen LogP contribution in [0.2, 0.25) is 0 Å². The summed E-state index contributed by atoms with van der Waals surface area (Å²) in [6.07, 6.45) is 2.22. The number of carbonyl (C=O) groups is 2. The van der Waals surface area contributed by atoms with Crippen molar-refractivity contribution in [1.29, 1.82) is 0 Å². The first-order chi connectivity index (χ1) is 9.41. The molecule has 114 valence electrons. The van der Waals surface area contributed by atoms with E-state index in [9.17, 15) is 9.59 Å². The van der Waals surface area contributed by atoms with Crippen LogP contribution in [0.1, 0.15) is 26.7 Å². The SMILES string of the molecule is CC(C)(C(=O)N(CC(=O)O)CC1CC1)N1CCNCC1. The van der Waals surface area contributed by atoms with Gasteiger partial charge in [0.15, 0.2) is 0 Å². The standard InChI is InChI=1S/C14H25N3O3/c1-14(2,17-7-5-15-6-8-17)13(20)16(10-12(18)19)9-11-3-4-11/h11,15H,3-10H2,1-2H3,(H,18,19). The lowest BCUT2D eigenvalue weighted by Gasteiger charge is -2.42. The van der Waals surface area contributed by atoms with Crippen LogP contribution in [0.4, 0.5) is 0 Å². The fourth-order valence-electron chi connectivity index (χ4n) is 2.74. The van der Waals surface area contributed by atoms with Gasteiger partial charge in [-0.05, 0) is 32.6 Å². The van der Waals surface area contributed by atoms with E-state index in [1.54, 1.807) is 0 Å². The third-order valence-electron chi connectivity index (χ3n) is 4.22. The molecule has 1 saturated carbocycles. The zero-order valence-corrected chi connectivity index (χ0v) is 12.4. The van der Waals surface area contributed by atoms with E-state index in [0.29, 0.717) is 12.5 Å². The average molecular weight is 283 g/mol. The summed E-state index contributed by atoms with van der Waals surface area (Å²) in [6.45, 7) is 7.60. The molecule has 0 aromatic rings. The summed E-state index contributed by atoms with van der Waals surface area (Å²) < 4.78 is 0. The molecule has 2 N–H and O–H groups in total. The maximum absolute atomic E-state index is 12.8. The van der Waals surface area contributed by atoms with Gasteiger partial charge in [0.2, 0.25) is 5.91 Å². The molecule has 2 fully saturated rings. The van der Waals surface area contributed by atoms with Gasteiger partial charge in [-0.2, -0.15) is 0 Å². The molecule has 0 aromatic carbocycles. The molecule has 1 heterocycles. The second-order valence-corrected chi connectivity index (χ2v) is 6.32. The van der Waals surface area contributed by atoms with Crippen LogP contribution < -0.4 is 5.32 Å². The van der Waals surface area contributed by atoms with Gasteiger partial charge in [0.1, 0.15) is 6.54 Å². The highest BCUT2D eigenvalue weighted by molar-refractivity contribution is 5.88. The van der Waals surface area contributed by atoms with Crippen LogP contribution in [0, 0.1) is 5.92 Å². The maximum Gasteiger partial charge on any atom is 0.323 e. The Balaban J connectivity index is 2.04. The van der Waals surface area contributed by atoms with Crippen LogP contribution in [0.25, 0.3) is 0 Å². The smallest absolute Gasteiger partial charge is 0.323 e. The molecule has 0 atom stereocenters. The minimum absolute atomic E-state index is 0.0614. The first kappa shape index (κ1) is 15.3. The van der Waals surface area contributed by atoms with E-state index in [2.05, 4.69) is 10.2 Å². The Morgan fingerprint density at radius 2 is 1.90 bits per heavy atom. The first-order valence-electron chi connectivity index (χ1n) is 7.38. The monoisotopic (exact) mass is 283 g/mol. The molecule has 6 nitrogen and oxygen atoms in total. The molecule has 1 saturated heterocycles. The zero-order chi connectivity index (χ0) is 14.8. The minimum atomic E-state index is -0.935. The molecule has 0 aromatic heterocycles. The van der Waals surface area contributed by atoms with E-state index in [-0.39, 0.29) is 12.5 Å². The van der Waals surface area contributed by atoms with Crippen molar-refractivity contribution in [2.45, 2.75) is 32.2 Å². The van der Waals surface area contributed by atoms with Crippen LogP contribution in [0.5, 0.6) is 0 Å². The molecule has 1 aliphatic heterocycles. The average Bonchev–Trinajstić information content (AvgIpc) is 3.21. The second kappa shape index (κ2) is 6.10. The van der Waals surface area contributed by atoms with Gasteiger partial charge < -0.3 is 15.3 Å². The van der Waals surface area contributed by atoms with E-state index in [4.69, 9.17) is 5.11 Å². The van der Waals surface area contributed by atoms with Gasteiger partial charge in [-0.1, -0.05) is 0 Å². The van der Waals surface area contributed by atoms with Gasteiger partial charge in [0.05, 0.1) is 5.54 Å². The van der Waals surface area contributed by atoms with Crippen LogP contribution in [-0.2, 0) is 9.59 Å². The van der Waals surface area contributed by atoms with E-state index in [0.717, 1.165) is 39.0 Å². The number of nitrogens with zero attached hydrogens (tertiary/aromatic N) is 2. The highest BCUT2D eigenvalue weighted by atomic mass is 16.4. The fourth-order valence-corrected chi connectivity index (χ4v) is 2.74. The van der Waals surface area contributed by atoms with Gasteiger partial charge in [-0.15, -0.1) is 0 Å². The molecular weight excluding hydrogens is 258 g/mol. The van der Waals surface area contributed by atoms with Crippen LogP contribution in [0.3, 0.4) is 0 Å².